The van der Waals surface area contributed by atoms with Crippen LogP contribution in [-0.2, 0) is 30.5 Å². The summed E-state index contributed by atoms with van der Waals surface area (Å²) in [5.41, 5.74) is 3.91. The van der Waals surface area contributed by atoms with Crippen LogP contribution in [0.5, 0.6) is 0 Å². The van der Waals surface area contributed by atoms with Gasteiger partial charge in [0.2, 0.25) is 0 Å². The third-order valence-corrected chi connectivity index (χ3v) is 12.5. The summed E-state index contributed by atoms with van der Waals surface area (Å²) >= 11 is 0. The lowest BCUT2D eigenvalue weighted by molar-refractivity contribution is -0.0455. The zero-order valence-electron chi connectivity index (χ0n) is 21.3. The lowest BCUT2D eigenvalue weighted by Crippen LogP contribution is -2.59. The maximum Gasteiger partial charge on any atom is 0.332 e. The molecule has 192 valence electrons. The molecule has 13 heteroatoms. The van der Waals surface area contributed by atoms with Gasteiger partial charge in [-0.25, -0.2) is 8.98 Å². The van der Waals surface area contributed by atoms with Gasteiger partial charge in [0.25, 0.3) is 15.7 Å². The average Bonchev–Trinajstić information content (AvgIpc) is 3.08. The average molecular weight is 517 g/mol. The van der Waals surface area contributed by atoms with Gasteiger partial charge in [0.05, 0.1) is 11.1 Å². The molecule has 1 spiro atoms. The summed E-state index contributed by atoms with van der Waals surface area (Å²) in [4.78, 5) is 27.3. The van der Waals surface area contributed by atoms with E-state index in [1.807, 2.05) is 38.8 Å². The molecule has 1 unspecified atom stereocenters. The Bertz CT molecular complexity index is 1230. The van der Waals surface area contributed by atoms with Crippen molar-refractivity contribution in [2.75, 3.05) is 20.6 Å². The summed E-state index contributed by atoms with van der Waals surface area (Å²) in [6.45, 7) is 12.0. The van der Waals surface area contributed by atoms with Gasteiger partial charge in [-0.2, -0.15) is 8.42 Å². The van der Waals surface area contributed by atoms with Gasteiger partial charge < -0.3 is 19.8 Å². The van der Waals surface area contributed by atoms with Gasteiger partial charge in [-0.15, -0.1) is 0 Å². The minimum Gasteiger partial charge on any atom is -0.406 e. The Morgan fingerprint density at radius 3 is 2.32 bits per heavy atom. The van der Waals surface area contributed by atoms with Gasteiger partial charge in [0.15, 0.2) is 20.1 Å². The molecule has 34 heavy (non-hydrogen) atoms. The van der Waals surface area contributed by atoms with Gasteiger partial charge in [0, 0.05) is 25.4 Å². The fraction of sp³-hybridized carbons (Fsp3) is 0.714. The SMILES string of the molecule is Cc1cn([C@@H]2O[C@H](CN(C)C)C3(OS(=O)(=O)C=C3N)[C@H]2O[Si](C)(C)C(C)(C)C)c(=O)n(C)c1=O. The Balaban J connectivity index is 2.30. The molecule has 2 aliphatic heterocycles. The molecule has 0 saturated carbocycles. The van der Waals surface area contributed by atoms with Crippen molar-refractivity contribution in [2.24, 2.45) is 12.8 Å². The first-order chi connectivity index (χ1) is 15.3. The first-order valence-electron chi connectivity index (χ1n) is 11.0. The van der Waals surface area contributed by atoms with E-state index in [0.717, 1.165) is 9.98 Å². The van der Waals surface area contributed by atoms with E-state index < -0.39 is 53.7 Å². The number of aryl methyl sites for hydroxylation is 1. The summed E-state index contributed by atoms with van der Waals surface area (Å²) in [6.07, 6.45) is -1.62. The van der Waals surface area contributed by atoms with Crippen molar-refractivity contribution in [2.45, 2.75) is 69.9 Å². The van der Waals surface area contributed by atoms with Gasteiger partial charge in [0.1, 0.15) is 12.2 Å². The first-order valence-corrected chi connectivity index (χ1v) is 15.4. The molecule has 4 atom stereocenters. The second-order valence-corrected chi connectivity index (χ2v) is 17.0. The monoisotopic (exact) mass is 516 g/mol. The third kappa shape index (κ3) is 4.33. The van der Waals surface area contributed by atoms with Crippen LogP contribution in [0.1, 0.15) is 32.6 Å². The second-order valence-electron chi connectivity index (χ2n) is 10.9. The number of likely N-dealkylation sites (N-methyl/N-ethyl adjacent to an activating group) is 1. The zero-order chi connectivity index (χ0) is 26.0. The minimum atomic E-state index is -4.11. The van der Waals surface area contributed by atoms with Crippen molar-refractivity contribution in [3.05, 3.63) is 43.7 Å². The van der Waals surface area contributed by atoms with Crippen LogP contribution in [0.15, 0.2) is 26.9 Å². The maximum absolute atomic E-state index is 13.2. The van der Waals surface area contributed by atoms with Crippen LogP contribution in [0.3, 0.4) is 0 Å². The van der Waals surface area contributed by atoms with Crippen LogP contribution in [0.25, 0.3) is 0 Å². The zero-order valence-corrected chi connectivity index (χ0v) is 23.1. The Labute approximate surface area is 201 Å². The van der Waals surface area contributed by atoms with E-state index >= 15 is 0 Å². The Morgan fingerprint density at radius 2 is 1.85 bits per heavy atom. The van der Waals surface area contributed by atoms with Gasteiger partial charge >= 0.3 is 5.69 Å². The predicted molar refractivity (Wildman–Crippen MR) is 130 cm³/mol. The number of ether oxygens (including phenoxy) is 1. The molecule has 3 heterocycles. The number of rotatable bonds is 5. The van der Waals surface area contributed by atoms with Crippen LogP contribution in [-0.4, -0.2) is 69.2 Å². The molecule has 0 bridgehead atoms. The molecule has 1 aromatic rings. The highest BCUT2D eigenvalue weighted by Crippen LogP contribution is 2.51. The normalized spacial score (nSPS) is 29.2. The number of aromatic nitrogens is 2. The molecule has 0 aliphatic carbocycles. The van der Waals surface area contributed by atoms with Crippen LogP contribution in [0.2, 0.25) is 18.1 Å². The van der Waals surface area contributed by atoms with Gasteiger partial charge in [-0.1, -0.05) is 20.8 Å². The van der Waals surface area contributed by atoms with E-state index in [-0.39, 0.29) is 17.3 Å². The van der Waals surface area contributed by atoms with Crippen LogP contribution < -0.4 is 17.0 Å². The molecule has 1 fully saturated rings. The topological polar surface area (TPSA) is 135 Å². The first kappa shape index (κ1) is 26.8. The molecule has 0 amide bonds. The molecule has 1 aromatic heterocycles. The van der Waals surface area contributed by atoms with E-state index in [1.165, 1.54) is 17.8 Å². The second kappa shape index (κ2) is 8.42. The van der Waals surface area contributed by atoms with Crippen molar-refractivity contribution in [1.82, 2.24) is 14.0 Å². The third-order valence-electron chi connectivity index (χ3n) is 6.96. The highest BCUT2D eigenvalue weighted by Gasteiger charge is 2.67. The predicted octanol–water partition coefficient (Wildman–Crippen LogP) is 0.604. The lowest BCUT2D eigenvalue weighted by atomic mass is 9.89. The molecule has 3 rings (SSSR count). The quantitative estimate of drug-likeness (QED) is 0.441. The number of nitrogens with zero attached hydrogens (tertiary/aromatic N) is 3. The Kier molecular flexibility index (Phi) is 6.64. The van der Waals surface area contributed by atoms with Crippen molar-refractivity contribution in [3.8, 4) is 0 Å². The molecule has 1 saturated heterocycles. The molecule has 11 nitrogen and oxygen atoms in total. The highest BCUT2D eigenvalue weighted by molar-refractivity contribution is 7.90. The van der Waals surface area contributed by atoms with E-state index in [9.17, 15) is 18.0 Å². The van der Waals surface area contributed by atoms with Gasteiger partial charge in [-0.05, 0) is 39.2 Å². The molecular weight excluding hydrogens is 480 g/mol. The largest absolute Gasteiger partial charge is 0.406 e. The molecule has 0 aromatic carbocycles. The fourth-order valence-corrected chi connectivity index (χ4v) is 6.59. The van der Waals surface area contributed by atoms with E-state index in [2.05, 4.69) is 0 Å². The van der Waals surface area contributed by atoms with E-state index in [1.54, 1.807) is 21.0 Å². The van der Waals surface area contributed by atoms with Crippen molar-refractivity contribution < 1.29 is 21.8 Å². The van der Waals surface area contributed by atoms with Gasteiger partial charge in [-0.3, -0.25) is 13.9 Å². The van der Waals surface area contributed by atoms with Crippen molar-refractivity contribution in [3.63, 3.8) is 0 Å². The lowest BCUT2D eigenvalue weighted by Gasteiger charge is -2.43. The minimum absolute atomic E-state index is 0.0415. The summed E-state index contributed by atoms with van der Waals surface area (Å²) in [6, 6.07) is 0. The molecule has 2 aliphatic rings. The maximum atomic E-state index is 13.2. The summed E-state index contributed by atoms with van der Waals surface area (Å²) < 4.78 is 46.2. The fourth-order valence-electron chi connectivity index (χ4n) is 4.09. The summed E-state index contributed by atoms with van der Waals surface area (Å²) in [5, 5.41) is 0.636. The summed E-state index contributed by atoms with van der Waals surface area (Å²) in [7, 11) is -1.70. The van der Waals surface area contributed by atoms with Crippen LogP contribution in [0, 0.1) is 6.92 Å². The van der Waals surface area contributed by atoms with E-state index in [4.69, 9.17) is 19.1 Å². The van der Waals surface area contributed by atoms with Crippen LogP contribution in [0.4, 0.5) is 0 Å². The van der Waals surface area contributed by atoms with Crippen molar-refractivity contribution >= 4 is 18.4 Å². The molecule has 0 radical (unpaired) electrons. The molecular formula is C21H36N4O7SSi. The highest BCUT2D eigenvalue weighted by atomic mass is 32.2. The number of nitrogens with two attached hydrogens (primary N) is 1. The smallest absolute Gasteiger partial charge is 0.332 e. The Hall–Kier alpha value is -1.77. The number of hydrogen-bond donors (Lipinski definition) is 1. The summed E-state index contributed by atoms with van der Waals surface area (Å²) in [5.74, 6) is 0. The number of hydrogen-bond acceptors (Lipinski definition) is 9. The molecule has 2 N–H and O–H groups in total. The van der Waals surface area contributed by atoms with Crippen LogP contribution >= 0.6 is 0 Å². The van der Waals surface area contributed by atoms with Crippen molar-refractivity contribution in [1.29, 1.82) is 0 Å². The Morgan fingerprint density at radius 1 is 1.26 bits per heavy atom. The van der Waals surface area contributed by atoms with E-state index in [0.29, 0.717) is 5.56 Å². The standard InChI is InChI=1S/C21H36N4O7SSi/c1-13-10-25(19(27)24(7)17(13)26)18-16(31-34(8,9)20(2,3)4)21(15(30-18)11-23(5)6)14(22)12-33(28,29)32-21/h10,12,15-16,18H,11,22H2,1-9H3/t15-,16+,18-,21?/m1/s1.